The zero-order valence-corrected chi connectivity index (χ0v) is 22.7. The Labute approximate surface area is 228 Å². The quantitative estimate of drug-likeness (QED) is 0.349. The lowest BCUT2D eigenvalue weighted by molar-refractivity contribution is 0.102. The van der Waals surface area contributed by atoms with Crippen LogP contribution in [0.2, 0.25) is 0 Å². The molecule has 0 bridgehead atoms. The lowest BCUT2D eigenvalue weighted by Crippen LogP contribution is -2.47. The van der Waals surface area contributed by atoms with Gasteiger partial charge < -0.3 is 14.8 Å². The second kappa shape index (κ2) is 10.5. The van der Waals surface area contributed by atoms with Crippen LogP contribution >= 0.6 is 0 Å². The van der Waals surface area contributed by atoms with E-state index in [1.54, 1.807) is 0 Å². The Bertz CT molecular complexity index is 1650. The fourth-order valence-corrected chi connectivity index (χ4v) is 5.36. The number of imidazole rings is 1. The molecule has 3 aromatic carbocycles. The first-order chi connectivity index (χ1) is 19.0. The highest BCUT2D eigenvalue weighted by Crippen LogP contribution is 2.26. The molecule has 1 aliphatic rings. The van der Waals surface area contributed by atoms with Gasteiger partial charge in [-0.05, 0) is 44.2 Å². The smallest absolute Gasteiger partial charge is 0.255 e. The molecule has 3 heterocycles. The summed E-state index contributed by atoms with van der Waals surface area (Å²) in [7, 11) is 2.06. The molecule has 198 valence electrons. The monoisotopic (exact) mass is 519 g/mol. The molecule has 5 aromatic rings. The van der Waals surface area contributed by atoms with E-state index in [0.29, 0.717) is 5.56 Å². The summed E-state index contributed by atoms with van der Waals surface area (Å²) in [6.07, 6.45) is 0.865. The Morgan fingerprint density at radius 2 is 1.64 bits per heavy atom. The number of benzene rings is 3. The van der Waals surface area contributed by atoms with E-state index < -0.39 is 0 Å². The minimum absolute atomic E-state index is 0.116. The van der Waals surface area contributed by atoms with Crippen molar-refractivity contribution in [2.24, 2.45) is 7.05 Å². The molecule has 0 spiro atoms. The van der Waals surface area contributed by atoms with Crippen LogP contribution in [0.3, 0.4) is 0 Å². The number of carbonyl (C=O) groups is 1. The van der Waals surface area contributed by atoms with Gasteiger partial charge in [0.05, 0.1) is 16.7 Å². The zero-order chi connectivity index (χ0) is 26.9. The van der Waals surface area contributed by atoms with E-state index >= 15 is 0 Å². The lowest BCUT2D eigenvalue weighted by Gasteiger charge is -2.35. The van der Waals surface area contributed by atoms with E-state index in [2.05, 4.69) is 61.2 Å². The van der Waals surface area contributed by atoms with Crippen LogP contribution in [0.4, 0.5) is 11.5 Å². The molecule has 0 unspecified atom stereocenters. The van der Waals surface area contributed by atoms with E-state index in [1.165, 1.54) is 10.8 Å². The first kappa shape index (κ1) is 25.0. The molecular weight excluding hydrogens is 486 g/mol. The van der Waals surface area contributed by atoms with E-state index in [-0.39, 0.29) is 5.91 Å². The number of aromatic nitrogens is 4. The fourth-order valence-electron chi connectivity index (χ4n) is 5.36. The molecular formula is C31H33N7O. The third-order valence-corrected chi connectivity index (χ3v) is 7.72. The van der Waals surface area contributed by atoms with Crippen LogP contribution in [-0.2, 0) is 13.5 Å². The molecule has 6 rings (SSSR count). The zero-order valence-electron chi connectivity index (χ0n) is 22.7. The van der Waals surface area contributed by atoms with Gasteiger partial charge in [0, 0.05) is 68.2 Å². The SMILES string of the molecule is Cc1ccc(C(=O)Nc2ccc3c(c2)nc(CCN2CCN(c4nnc(C)c5ccccc45)CC2)n3C)cc1. The standard InChI is InChI=1S/C31H33N7O/c1-21-8-10-23(11-9-21)31(39)32-24-12-13-28-27(20-24)33-29(36(28)3)14-15-37-16-18-38(19-17-37)30-26-7-5-4-6-25(26)22(2)34-35-30/h4-13,20H,14-19H2,1-3H3,(H,32,39). The van der Waals surface area contributed by atoms with E-state index in [0.717, 1.165) is 78.8 Å². The molecule has 1 saturated heterocycles. The first-order valence-electron chi connectivity index (χ1n) is 13.5. The second-order valence-corrected chi connectivity index (χ2v) is 10.3. The highest BCUT2D eigenvalue weighted by atomic mass is 16.1. The number of nitrogens with zero attached hydrogens (tertiary/aromatic N) is 6. The minimum Gasteiger partial charge on any atom is -0.352 e. The number of piperazine rings is 1. The van der Waals surface area contributed by atoms with Crippen LogP contribution in [-0.4, -0.2) is 63.3 Å². The van der Waals surface area contributed by atoms with E-state index in [1.807, 2.05) is 56.3 Å². The molecule has 39 heavy (non-hydrogen) atoms. The van der Waals surface area contributed by atoms with Gasteiger partial charge in [-0.25, -0.2) is 4.98 Å². The summed E-state index contributed by atoms with van der Waals surface area (Å²) in [4.78, 5) is 22.4. The van der Waals surface area contributed by atoms with Gasteiger partial charge in [0.25, 0.3) is 5.91 Å². The normalized spacial score (nSPS) is 14.3. The summed E-state index contributed by atoms with van der Waals surface area (Å²) in [5, 5.41) is 14.3. The van der Waals surface area contributed by atoms with Gasteiger partial charge in [0.2, 0.25) is 0 Å². The van der Waals surface area contributed by atoms with Crippen molar-refractivity contribution in [3.63, 3.8) is 0 Å². The van der Waals surface area contributed by atoms with Crippen LogP contribution in [0.5, 0.6) is 0 Å². The third-order valence-electron chi connectivity index (χ3n) is 7.72. The third kappa shape index (κ3) is 5.07. The Morgan fingerprint density at radius 1 is 0.897 bits per heavy atom. The topological polar surface area (TPSA) is 79.2 Å². The predicted octanol–water partition coefficient (Wildman–Crippen LogP) is 4.75. The number of hydrogen-bond acceptors (Lipinski definition) is 6. The van der Waals surface area contributed by atoms with E-state index in [4.69, 9.17) is 4.98 Å². The number of amides is 1. The second-order valence-electron chi connectivity index (χ2n) is 10.3. The van der Waals surface area contributed by atoms with Crippen molar-refractivity contribution in [3.8, 4) is 0 Å². The molecule has 0 radical (unpaired) electrons. The molecule has 0 atom stereocenters. The van der Waals surface area contributed by atoms with Gasteiger partial charge in [-0.15, -0.1) is 5.10 Å². The Hall–Kier alpha value is -4.30. The molecule has 1 aliphatic heterocycles. The maximum atomic E-state index is 12.7. The van der Waals surface area contributed by atoms with Crippen molar-refractivity contribution < 1.29 is 4.79 Å². The Balaban J connectivity index is 1.09. The van der Waals surface area contributed by atoms with Crippen LogP contribution < -0.4 is 10.2 Å². The average Bonchev–Trinajstić information content (AvgIpc) is 3.27. The van der Waals surface area contributed by atoms with Gasteiger partial charge >= 0.3 is 0 Å². The van der Waals surface area contributed by atoms with Gasteiger partial charge in [0.15, 0.2) is 5.82 Å². The summed E-state index contributed by atoms with van der Waals surface area (Å²) in [6, 6.07) is 21.9. The van der Waals surface area contributed by atoms with Crippen molar-refractivity contribution in [1.29, 1.82) is 0 Å². The molecule has 0 saturated carbocycles. The van der Waals surface area contributed by atoms with E-state index in [9.17, 15) is 4.79 Å². The summed E-state index contributed by atoms with van der Waals surface area (Å²) in [5.41, 5.74) is 5.45. The van der Waals surface area contributed by atoms with Gasteiger partial charge in [0.1, 0.15) is 5.82 Å². The summed E-state index contributed by atoms with van der Waals surface area (Å²) >= 11 is 0. The molecule has 1 amide bonds. The predicted molar refractivity (Wildman–Crippen MR) is 156 cm³/mol. The fraction of sp³-hybridized carbons (Fsp3) is 0.290. The largest absolute Gasteiger partial charge is 0.352 e. The van der Waals surface area contributed by atoms with Crippen molar-refractivity contribution in [2.45, 2.75) is 20.3 Å². The molecule has 2 aromatic heterocycles. The van der Waals surface area contributed by atoms with Crippen LogP contribution in [0.1, 0.15) is 27.4 Å². The number of carbonyl (C=O) groups excluding carboxylic acids is 1. The Kier molecular flexibility index (Phi) is 6.70. The number of anilines is 2. The number of rotatable bonds is 6. The minimum atomic E-state index is -0.116. The highest BCUT2D eigenvalue weighted by molar-refractivity contribution is 6.05. The average molecular weight is 520 g/mol. The molecule has 8 nitrogen and oxygen atoms in total. The Morgan fingerprint density at radius 3 is 2.41 bits per heavy atom. The van der Waals surface area contributed by atoms with Gasteiger partial charge in [-0.1, -0.05) is 42.0 Å². The number of hydrogen-bond donors (Lipinski definition) is 1. The van der Waals surface area contributed by atoms with Crippen molar-refractivity contribution in [3.05, 3.63) is 89.4 Å². The van der Waals surface area contributed by atoms with Crippen molar-refractivity contribution >= 4 is 39.2 Å². The molecule has 0 aliphatic carbocycles. The van der Waals surface area contributed by atoms with Crippen molar-refractivity contribution in [2.75, 3.05) is 42.9 Å². The van der Waals surface area contributed by atoms with Crippen LogP contribution in [0, 0.1) is 13.8 Å². The summed E-state index contributed by atoms with van der Waals surface area (Å²) < 4.78 is 2.16. The highest BCUT2D eigenvalue weighted by Gasteiger charge is 2.21. The number of nitrogens with one attached hydrogen (secondary N) is 1. The molecule has 1 N–H and O–H groups in total. The molecule has 8 heteroatoms. The maximum absolute atomic E-state index is 12.7. The number of aryl methyl sites for hydroxylation is 3. The van der Waals surface area contributed by atoms with Crippen molar-refractivity contribution in [1.82, 2.24) is 24.6 Å². The summed E-state index contributed by atoms with van der Waals surface area (Å²) in [6.45, 7) is 8.77. The van der Waals surface area contributed by atoms with Crippen LogP contribution in [0.25, 0.3) is 21.8 Å². The van der Waals surface area contributed by atoms with Crippen LogP contribution in [0.15, 0.2) is 66.7 Å². The molecule has 1 fully saturated rings. The lowest BCUT2D eigenvalue weighted by atomic mass is 10.1. The first-order valence-corrected chi connectivity index (χ1v) is 13.5. The van der Waals surface area contributed by atoms with Gasteiger partial charge in [-0.3, -0.25) is 9.69 Å². The summed E-state index contributed by atoms with van der Waals surface area (Å²) in [5.74, 6) is 1.91. The van der Waals surface area contributed by atoms with Gasteiger partial charge in [-0.2, -0.15) is 5.10 Å². The number of fused-ring (bicyclic) bond motifs is 2. The maximum Gasteiger partial charge on any atom is 0.255 e.